The molecular weight excluding hydrogens is 727 g/mol. The molecule has 1 aliphatic rings. The van der Waals surface area contributed by atoms with Gasteiger partial charge in [0, 0.05) is 12.3 Å². The van der Waals surface area contributed by atoms with Crippen molar-refractivity contribution in [2.45, 2.75) is 173 Å². The molecule has 6 atom stereocenters. The molecule has 0 aliphatic heterocycles. The number of unbranched alkanes of at least 4 members (excludes halogenated alkanes) is 16. The van der Waals surface area contributed by atoms with E-state index in [1.807, 2.05) is 51.5 Å². The summed E-state index contributed by atoms with van der Waals surface area (Å²) in [6.45, 7) is 4.53. The Balaban J connectivity index is 2.54. The number of rotatable bonds is 36. The third-order valence-corrected chi connectivity index (χ3v) is 11.3. The Morgan fingerprint density at radius 1 is 0.821 bits per heavy atom. The van der Waals surface area contributed by atoms with Crippen molar-refractivity contribution >= 4 is 19.5 Å². The first-order valence-corrected chi connectivity index (χ1v) is 23.6. The number of amides is 1. The molecule has 10 nitrogen and oxygen atoms in total. The Bertz CT molecular complexity index is 1200. The van der Waals surface area contributed by atoms with E-state index in [0.717, 1.165) is 38.5 Å². The molecule has 0 aromatic rings. The molecule has 0 saturated carbocycles. The summed E-state index contributed by atoms with van der Waals surface area (Å²) in [6, 6.07) is -0.926. The summed E-state index contributed by atoms with van der Waals surface area (Å²) in [5, 5.41) is 24.0. The van der Waals surface area contributed by atoms with Crippen molar-refractivity contribution in [1.82, 2.24) is 5.32 Å². The largest absolute Gasteiger partial charge is 0.472 e. The molecule has 1 amide bonds. The fourth-order valence-electron chi connectivity index (χ4n) is 6.62. The summed E-state index contributed by atoms with van der Waals surface area (Å²) in [5.41, 5.74) is 0. The van der Waals surface area contributed by atoms with Crippen LogP contribution < -0.4 is 5.32 Å². The topological polar surface area (TPSA) is 142 Å². The van der Waals surface area contributed by atoms with Crippen molar-refractivity contribution in [1.29, 1.82) is 0 Å². The van der Waals surface area contributed by atoms with Crippen molar-refractivity contribution in [2.24, 2.45) is 11.8 Å². The number of carbonyl (C=O) groups excluding carboxylic acids is 2. The predicted molar refractivity (Wildman–Crippen MR) is 230 cm³/mol. The summed E-state index contributed by atoms with van der Waals surface area (Å²) in [4.78, 5) is 35.6. The number of ketones is 1. The lowest BCUT2D eigenvalue weighted by atomic mass is 9.90. The highest BCUT2D eigenvalue weighted by molar-refractivity contribution is 7.47. The van der Waals surface area contributed by atoms with Gasteiger partial charge in [-0.3, -0.25) is 18.6 Å². The number of quaternary nitrogens is 1. The molecule has 11 heteroatoms. The Hall–Kier alpha value is -1.91. The number of nitrogens with zero attached hydrogens (tertiary/aromatic N) is 1. The number of phosphoric acid groups is 1. The Morgan fingerprint density at radius 3 is 2.04 bits per heavy atom. The molecular formula is C45H82N2O8P+. The average Bonchev–Trinajstić information content (AvgIpc) is 3.49. The number of carbonyl (C=O) groups is 2. The van der Waals surface area contributed by atoms with E-state index in [4.69, 9.17) is 9.05 Å². The fraction of sp³-hybridized carbons (Fsp3) is 0.778. The lowest BCUT2D eigenvalue weighted by molar-refractivity contribution is -0.870. The molecule has 0 aromatic carbocycles. The van der Waals surface area contributed by atoms with Crippen LogP contribution in [0.15, 0.2) is 48.6 Å². The molecule has 1 aliphatic carbocycles. The maximum Gasteiger partial charge on any atom is 0.472 e. The number of hydrogen-bond acceptors (Lipinski definition) is 7. The van der Waals surface area contributed by atoms with Gasteiger partial charge in [0.2, 0.25) is 5.91 Å². The van der Waals surface area contributed by atoms with E-state index in [1.165, 1.54) is 70.6 Å². The quantitative estimate of drug-likeness (QED) is 0.0212. The third-order valence-electron chi connectivity index (χ3n) is 10.3. The van der Waals surface area contributed by atoms with Gasteiger partial charge in [-0.2, -0.15) is 0 Å². The van der Waals surface area contributed by atoms with Crippen molar-refractivity contribution < 1.29 is 42.8 Å². The van der Waals surface area contributed by atoms with E-state index in [9.17, 15) is 29.3 Å². The molecule has 4 N–H and O–H groups in total. The summed E-state index contributed by atoms with van der Waals surface area (Å²) in [7, 11) is 1.44. The summed E-state index contributed by atoms with van der Waals surface area (Å²) < 4.78 is 23.5. The van der Waals surface area contributed by atoms with Crippen LogP contribution in [0.5, 0.6) is 0 Å². The van der Waals surface area contributed by atoms with Gasteiger partial charge in [-0.1, -0.05) is 153 Å². The average molecular weight is 810 g/mol. The standard InChI is InChI=1S/C45H81N2O8P/c1-6-8-10-11-12-13-14-15-16-17-18-19-20-21-26-30-44(50)42(38-55-56(52,53)54-37-36-47(3,4)5)46-45(51)31-27-23-22-25-28-39-32-35-43(49)41(39)34-33-40(48)29-24-9-7-2/h22,25-26,30,32-35,39-42,44,48,50H,6-21,23-24,27-29,31,36-38H2,1-5H3,(H-,46,51,52,53)/p+1/b25-22-,30-26+,34-33+/t39-,40-,41+,42-,44+/m0/s1. The van der Waals surface area contributed by atoms with Gasteiger partial charge in [-0.05, 0) is 50.5 Å². The first-order chi connectivity index (χ1) is 26.8. The predicted octanol–water partition coefficient (Wildman–Crippen LogP) is 9.69. The molecule has 0 saturated heterocycles. The number of likely N-dealkylation sites (N-methyl/N-ethyl adjacent to an activating group) is 1. The second-order valence-electron chi connectivity index (χ2n) is 16.7. The van der Waals surface area contributed by atoms with E-state index < -0.39 is 26.1 Å². The normalized spacial score (nSPS) is 19.0. The number of hydrogen-bond donors (Lipinski definition) is 4. The minimum atomic E-state index is -4.39. The van der Waals surface area contributed by atoms with Gasteiger partial charge in [0.15, 0.2) is 5.78 Å². The molecule has 1 rings (SSSR count). The first-order valence-electron chi connectivity index (χ1n) is 22.1. The zero-order valence-electron chi connectivity index (χ0n) is 36.0. The van der Waals surface area contributed by atoms with Crippen LogP contribution in [0, 0.1) is 11.8 Å². The molecule has 0 radical (unpaired) electrons. The van der Waals surface area contributed by atoms with Crippen LogP contribution in [-0.4, -0.2) is 90.4 Å². The molecule has 0 spiro atoms. The summed E-state index contributed by atoms with van der Waals surface area (Å²) in [5.74, 6) is -0.459. The Labute approximate surface area is 341 Å². The fourth-order valence-corrected chi connectivity index (χ4v) is 7.35. The van der Waals surface area contributed by atoms with Gasteiger partial charge in [0.05, 0.1) is 46.0 Å². The minimum Gasteiger partial charge on any atom is -0.389 e. The van der Waals surface area contributed by atoms with Gasteiger partial charge in [0.25, 0.3) is 0 Å². The van der Waals surface area contributed by atoms with Gasteiger partial charge in [-0.25, -0.2) is 4.57 Å². The van der Waals surface area contributed by atoms with E-state index >= 15 is 0 Å². The summed E-state index contributed by atoms with van der Waals surface area (Å²) >= 11 is 0. The van der Waals surface area contributed by atoms with Crippen LogP contribution >= 0.6 is 7.82 Å². The van der Waals surface area contributed by atoms with Crippen LogP contribution in [0.1, 0.15) is 155 Å². The Morgan fingerprint density at radius 2 is 1.41 bits per heavy atom. The highest BCUT2D eigenvalue weighted by Gasteiger charge is 2.28. The second-order valence-corrected chi connectivity index (χ2v) is 18.2. The van der Waals surface area contributed by atoms with Gasteiger partial charge in [0.1, 0.15) is 13.2 Å². The van der Waals surface area contributed by atoms with Crippen molar-refractivity contribution in [2.75, 3.05) is 40.9 Å². The van der Waals surface area contributed by atoms with E-state index in [2.05, 4.69) is 19.2 Å². The van der Waals surface area contributed by atoms with Gasteiger partial charge in [-0.15, -0.1) is 0 Å². The number of nitrogens with one attached hydrogen (secondary N) is 1. The number of aliphatic hydroxyl groups excluding tert-OH is 2. The van der Waals surface area contributed by atoms with Gasteiger partial charge < -0.3 is 24.9 Å². The third kappa shape index (κ3) is 28.5. The van der Waals surface area contributed by atoms with Crippen molar-refractivity contribution in [3.8, 4) is 0 Å². The highest BCUT2D eigenvalue weighted by atomic mass is 31.2. The molecule has 1 unspecified atom stereocenters. The molecule has 324 valence electrons. The number of phosphoric ester groups is 1. The maximum atomic E-state index is 12.9. The van der Waals surface area contributed by atoms with Crippen molar-refractivity contribution in [3.63, 3.8) is 0 Å². The lowest BCUT2D eigenvalue weighted by Gasteiger charge is -2.25. The first kappa shape index (κ1) is 52.1. The van der Waals surface area contributed by atoms with E-state index in [-0.39, 0.29) is 43.2 Å². The van der Waals surface area contributed by atoms with Gasteiger partial charge >= 0.3 is 7.82 Å². The zero-order chi connectivity index (χ0) is 41.5. The van der Waals surface area contributed by atoms with Crippen LogP contribution in [0.4, 0.5) is 0 Å². The van der Waals surface area contributed by atoms with E-state index in [0.29, 0.717) is 36.7 Å². The molecule has 56 heavy (non-hydrogen) atoms. The van der Waals surface area contributed by atoms with E-state index in [1.54, 1.807) is 18.2 Å². The van der Waals surface area contributed by atoms with Crippen LogP contribution in [0.3, 0.4) is 0 Å². The lowest BCUT2D eigenvalue weighted by Crippen LogP contribution is -2.45. The molecule has 0 aromatic heterocycles. The highest BCUT2D eigenvalue weighted by Crippen LogP contribution is 2.43. The minimum absolute atomic E-state index is 0.0242. The monoisotopic (exact) mass is 810 g/mol. The number of aliphatic hydroxyl groups is 2. The van der Waals surface area contributed by atoms with Crippen LogP contribution in [-0.2, 0) is 23.2 Å². The maximum absolute atomic E-state index is 12.9. The van der Waals surface area contributed by atoms with Crippen molar-refractivity contribution in [3.05, 3.63) is 48.6 Å². The second kappa shape index (κ2) is 32.0. The van der Waals surface area contributed by atoms with Crippen LogP contribution in [0.25, 0.3) is 0 Å². The zero-order valence-corrected chi connectivity index (χ0v) is 36.9. The van der Waals surface area contributed by atoms with Crippen LogP contribution in [0.2, 0.25) is 0 Å². The smallest absolute Gasteiger partial charge is 0.389 e. The summed E-state index contributed by atoms with van der Waals surface area (Å²) in [6.07, 6.45) is 36.5. The number of allylic oxidation sites excluding steroid dienone is 6. The molecule has 0 fully saturated rings. The molecule has 0 bridgehead atoms. The Kier molecular flexibility index (Phi) is 29.8. The SMILES string of the molecule is CCCCCCCCCCCCCCC/C=C/[C@@H](O)[C@H](COP(=O)(O)OCC[N+](C)(C)C)NC(=O)CCC/C=C\C[C@H]1C=CC(=O)[C@@H]1/C=C/[C@@H](O)CCCCC. The molecule has 0 heterocycles.